The lowest BCUT2D eigenvalue weighted by molar-refractivity contribution is -0.194. The first-order valence-electron chi connectivity index (χ1n) is 12.2. The minimum Gasteiger partial charge on any atom is -0.480 e. The molecule has 1 aliphatic heterocycles. The first kappa shape index (κ1) is 37.5. The van der Waals surface area contributed by atoms with Gasteiger partial charge in [0, 0.05) is 6.42 Å². The van der Waals surface area contributed by atoms with Crippen LogP contribution >= 0.6 is 0 Å². The Labute approximate surface area is 235 Å². The molecule has 0 saturated carbocycles. The van der Waals surface area contributed by atoms with Gasteiger partial charge in [-0.2, -0.15) is 8.78 Å². The van der Waals surface area contributed by atoms with Crippen LogP contribution in [0.1, 0.15) is 75.2 Å². The Morgan fingerprint density at radius 2 is 1.20 bits per heavy atom. The third kappa shape index (κ3) is 10.7. The van der Waals surface area contributed by atoms with Crippen LogP contribution in [0.4, 0.5) is 22.0 Å². The highest BCUT2D eigenvalue weighted by molar-refractivity contribution is 5.83. The minimum absolute atomic E-state index is 0.201. The fourth-order valence-electron chi connectivity index (χ4n) is 2.26. The summed E-state index contributed by atoms with van der Waals surface area (Å²) in [6, 6.07) is -0.766. The van der Waals surface area contributed by atoms with Crippen molar-refractivity contribution < 1.29 is 55.8 Å². The summed E-state index contributed by atoms with van der Waals surface area (Å²) in [5, 5.41) is 9.40. The number of aliphatic carboxylic acids is 1. The smallest absolute Gasteiger partial charge is 0.338 e. The van der Waals surface area contributed by atoms with Gasteiger partial charge < -0.3 is 20.4 Å². The molecular weight excluding hydrogens is 559 g/mol. The molecule has 0 radical (unpaired) electrons. The molecule has 1 heterocycles. The molecule has 1 atom stereocenters. The standard InChI is InChI=1S/C11H9F5O2.C10H15NO3.C6H13NO2/c1-11(2,3)10(17)18-9-7(15)5(13)4(12)6(14)8(9)16;1-7-5-6-8(12)11(7)14-9(13)10(2,3)4;1-6(2,3)4(7)5(8)9/h1-3H3;1,5-6H2,2-4H3;4H,7H2,1-3H3,(H,8,9). The van der Waals surface area contributed by atoms with Crippen LogP contribution in [0.5, 0.6) is 5.75 Å². The van der Waals surface area contributed by atoms with E-state index in [-0.39, 0.29) is 11.3 Å². The molecule has 14 heteroatoms. The van der Waals surface area contributed by atoms with Gasteiger partial charge in [-0.25, -0.2) is 18.0 Å². The number of rotatable bonds is 3. The predicted molar refractivity (Wildman–Crippen MR) is 137 cm³/mol. The number of carbonyl (C=O) groups is 4. The number of ether oxygens (including phenoxy) is 1. The number of amides is 1. The molecule has 1 saturated heterocycles. The number of hydroxylamine groups is 2. The molecule has 41 heavy (non-hydrogen) atoms. The number of esters is 1. The van der Waals surface area contributed by atoms with Crippen molar-refractivity contribution in [1.29, 1.82) is 0 Å². The number of nitrogens with two attached hydrogens (primary N) is 1. The van der Waals surface area contributed by atoms with E-state index in [4.69, 9.17) is 15.7 Å². The number of benzene rings is 1. The molecule has 0 bridgehead atoms. The Morgan fingerprint density at radius 1 is 0.805 bits per heavy atom. The monoisotopic (exact) mass is 596 g/mol. The van der Waals surface area contributed by atoms with Crippen LogP contribution < -0.4 is 10.5 Å². The number of carbonyl (C=O) groups excluding carboxylic acids is 3. The maximum absolute atomic E-state index is 13.2. The molecular formula is C27H37F5N2O7. The quantitative estimate of drug-likeness (QED) is 0.156. The van der Waals surface area contributed by atoms with E-state index >= 15 is 0 Å². The van der Waals surface area contributed by atoms with Gasteiger partial charge in [-0.3, -0.25) is 14.4 Å². The fraction of sp³-hybridized carbons (Fsp3) is 0.556. The lowest BCUT2D eigenvalue weighted by Gasteiger charge is -2.22. The highest BCUT2D eigenvalue weighted by Crippen LogP contribution is 2.31. The highest BCUT2D eigenvalue weighted by Gasteiger charge is 2.33. The molecule has 1 aromatic rings. The van der Waals surface area contributed by atoms with Gasteiger partial charge in [0.2, 0.25) is 34.8 Å². The van der Waals surface area contributed by atoms with Crippen molar-refractivity contribution in [3.8, 4) is 5.75 Å². The summed E-state index contributed by atoms with van der Waals surface area (Å²) in [5.74, 6) is -15.3. The first-order chi connectivity index (χ1) is 18.2. The van der Waals surface area contributed by atoms with Crippen LogP contribution in [0.3, 0.4) is 0 Å². The van der Waals surface area contributed by atoms with Crippen molar-refractivity contribution in [3.63, 3.8) is 0 Å². The van der Waals surface area contributed by atoms with Gasteiger partial charge in [0.1, 0.15) is 6.04 Å². The van der Waals surface area contributed by atoms with E-state index in [0.29, 0.717) is 18.5 Å². The minimum atomic E-state index is -2.31. The van der Waals surface area contributed by atoms with E-state index in [1.807, 2.05) is 0 Å². The number of hydrogen-bond donors (Lipinski definition) is 2. The largest absolute Gasteiger partial charge is 0.480 e. The van der Waals surface area contributed by atoms with Crippen LogP contribution in [-0.2, 0) is 24.0 Å². The molecule has 1 fully saturated rings. The van der Waals surface area contributed by atoms with Crippen molar-refractivity contribution in [1.82, 2.24) is 5.06 Å². The summed E-state index contributed by atoms with van der Waals surface area (Å²) < 4.78 is 68.8. The van der Waals surface area contributed by atoms with Crippen molar-refractivity contribution in [2.75, 3.05) is 0 Å². The van der Waals surface area contributed by atoms with E-state index in [2.05, 4.69) is 11.3 Å². The van der Waals surface area contributed by atoms with Gasteiger partial charge in [-0.15, -0.1) is 5.06 Å². The number of allylic oxidation sites excluding steroid dienone is 1. The number of halogens is 5. The molecule has 1 aliphatic rings. The molecule has 1 amide bonds. The van der Waals surface area contributed by atoms with Crippen LogP contribution in [0.15, 0.2) is 12.3 Å². The number of hydrogen-bond acceptors (Lipinski definition) is 7. The Hall–Kier alpha value is -3.55. The average molecular weight is 597 g/mol. The highest BCUT2D eigenvalue weighted by atomic mass is 19.2. The zero-order valence-electron chi connectivity index (χ0n) is 24.5. The third-order valence-corrected chi connectivity index (χ3v) is 5.10. The fourth-order valence-corrected chi connectivity index (χ4v) is 2.26. The van der Waals surface area contributed by atoms with Gasteiger partial charge in [-0.1, -0.05) is 27.4 Å². The van der Waals surface area contributed by atoms with Gasteiger partial charge in [0.15, 0.2) is 0 Å². The van der Waals surface area contributed by atoms with Crippen molar-refractivity contribution in [2.45, 2.75) is 81.2 Å². The zero-order chi connectivity index (χ0) is 32.8. The SMILES string of the molecule is C=C1CCC(=O)N1OC(=O)C(C)(C)C.CC(C)(C)C(=O)Oc1c(F)c(F)c(F)c(F)c1F.CC(C)(C)C(N)C(=O)O. The molecule has 0 aromatic heterocycles. The lowest BCUT2D eigenvalue weighted by atomic mass is 9.88. The number of carboxylic acids is 1. The third-order valence-electron chi connectivity index (χ3n) is 5.10. The number of nitrogens with zero attached hydrogens (tertiary/aromatic N) is 1. The second-order valence-corrected chi connectivity index (χ2v) is 12.1. The summed E-state index contributed by atoms with van der Waals surface area (Å²) in [6.45, 7) is 18.3. The van der Waals surface area contributed by atoms with Crippen molar-refractivity contribution in [2.24, 2.45) is 22.0 Å². The molecule has 0 aliphatic carbocycles. The molecule has 3 N–H and O–H groups in total. The molecule has 232 valence electrons. The van der Waals surface area contributed by atoms with Crippen LogP contribution in [0.25, 0.3) is 0 Å². The van der Waals surface area contributed by atoms with E-state index < -0.39 is 69.6 Å². The van der Waals surface area contributed by atoms with E-state index in [9.17, 15) is 41.1 Å². The Kier molecular flexibility index (Phi) is 12.7. The van der Waals surface area contributed by atoms with Crippen molar-refractivity contribution in [3.05, 3.63) is 41.4 Å². The van der Waals surface area contributed by atoms with Gasteiger partial charge in [0.25, 0.3) is 5.91 Å². The number of carboxylic acid groups (broad SMARTS) is 1. The molecule has 1 aromatic carbocycles. The summed E-state index contributed by atoms with van der Waals surface area (Å²) in [7, 11) is 0. The van der Waals surface area contributed by atoms with Gasteiger partial charge in [0.05, 0.1) is 16.5 Å². The summed E-state index contributed by atoms with van der Waals surface area (Å²) in [6.07, 6.45) is 0.937. The van der Waals surface area contributed by atoms with Crippen LogP contribution in [0.2, 0.25) is 0 Å². The van der Waals surface area contributed by atoms with Crippen LogP contribution in [-0.4, -0.2) is 40.0 Å². The topological polar surface area (TPSA) is 136 Å². The normalized spacial score (nSPS) is 14.4. The second-order valence-electron chi connectivity index (χ2n) is 12.1. The summed E-state index contributed by atoms with van der Waals surface area (Å²) in [5.41, 5.74) is 3.74. The summed E-state index contributed by atoms with van der Waals surface area (Å²) in [4.78, 5) is 49.2. The predicted octanol–water partition coefficient (Wildman–Crippen LogP) is 5.40. The zero-order valence-corrected chi connectivity index (χ0v) is 24.5. The summed E-state index contributed by atoms with van der Waals surface area (Å²) >= 11 is 0. The van der Waals surface area contributed by atoms with E-state index in [1.165, 1.54) is 20.8 Å². The maximum atomic E-state index is 13.2. The van der Waals surface area contributed by atoms with Gasteiger partial charge in [-0.05, 0) is 53.4 Å². The molecule has 9 nitrogen and oxygen atoms in total. The van der Waals surface area contributed by atoms with E-state index in [0.717, 1.165) is 5.06 Å². The second kappa shape index (κ2) is 13.9. The molecule has 1 unspecified atom stereocenters. The first-order valence-corrected chi connectivity index (χ1v) is 12.2. The average Bonchev–Trinajstić information content (AvgIpc) is 3.14. The molecule has 2 rings (SSSR count). The molecule has 0 spiro atoms. The van der Waals surface area contributed by atoms with Crippen molar-refractivity contribution >= 4 is 23.8 Å². The Bertz CT molecular complexity index is 1140. The van der Waals surface area contributed by atoms with Crippen LogP contribution in [0, 0.1) is 45.3 Å². The van der Waals surface area contributed by atoms with Gasteiger partial charge >= 0.3 is 17.9 Å². The Morgan fingerprint density at radius 3 is 1.46 bits per heavy atom. The Balaban J connectivity index is 0.000000620. The van der Waals surface area contributed by atoms with E-state index in [1.54, 1.807) is 41.5 Å². The lowest BCUT2D eigenvalue weighted by Crippen LogP contribution is -2.41. The maximum Gasteiger partial charge on any atom is 0.338 e.